The second kappa shape index (κ2) is 13.6. The highest BCUT2D eigenvalue weighted by atomic mass is 127. The molecule has 1 atom stereocenters. The van der Waals surface area contributed by atoms with Crippen molar-refractivity contribution in [2.45, 2.75) is 45.4 Å². The molecule has 170 valence electrons. The fourth-order valence-corrected chi connectivity index (χ4v) is 2.88. The zero-order valence-corrected chi connectivity index (χ0v) is 20.0. The summed E-state index contributed by atoms with van der Waals surface area (Å²) in [5.74, 6) is 0.401. The summed E-state index contributed by atoms with van der Waals surface area (Å²) < 4.78 is 35.6. The number of aliphatic imine (C=N–C) groups is 1. The maximum absolute atomic E-state index is 12.7. The van der Waals surface area contributed by atoms with Crippen molar-refractivity contribution >= 4 is 35.8 Å². The highest BCUT2D eigenvalue weighted by molar-refractivity contribution is 14.0. The number of amides is 1. The molecule has 1 aliphatic rings. The summed E-state index contributed by atoms with van der Waals surface area (Å²) in [6.07, 6.45) is 3.22. The van der Waals surface area contributed by atoms with Gasteiger partial charge in [-0.1, -0.05) is 17.7 Å². The monoisotopic (exact) mass is 540 g/mol. The Morgan fingerprint density at radius 2 is 2.10 bits per heavy atom. The van der Waals surface area contributed by atoms with Crippen LogP contribution in [0.25, 0.3) is 0 Å². The van der Waals surface area contributed by atoms with E-state index in [1.807, 2.05) is 6.92 Å². The first-order valence-electron chi connectivity index (χ1n) is 9.73. The van der Waals surface area contributed by atoms with Gasteiger partial charge in [0.15, 0.2) is 5.96 Å². The van der Waals surface area contributed by atoms with Crippen LogP contribution in [0, 0.1) is 6.92 Å². The number of alkyl halides is 2. The number of benzene rings is 1. The number of carbonyl (C=O) groups excluding carboxylic acids is 1. The Hall–Kier alpha value is -1.69. The van der Waals surface area contributed by atoms with E-state index in [4.69, 9.17) is 4.74 Å². The van der Waals surface area contributed by atoms with Gasteiger partial charge in [0.05, 0.1) is 19.2 Å². The van der Waals surface area contributed by atoms with Crippen LogP contribution >= 0.6 is 24.0 Å². The molecule has 10 heteroatoms. The van der Waals surface area contributed by atoms with E-state index in [0.717, 1.165) is 31.4 Å². The van der Waals surface area contributed by atoms with Crippen LogP contribution in [0.3, 0.4) is 0 Å². The lowest BCUT2D eigenvalue weighted by molar-refractivity contribution is -0.127. The smallest absolute Gasteiger partial charge is 0.387 e. The summed E-state index contributed by atoms with van der Waals surface area (Å²) in [6, 6.07) is 4.98. The molecule has 2 rings (SSSR count). The van der Waals surface area contributed by atoms with Crippen LogP contribution in [0.4, 0.5) is 8.78 Å². The molecular weight excluding hydrogens is 509 g/mol. The van der Waals surface area contributed by atoms with Gasteiger partial charge in [0.1, 0.15) is 5.75 Å². The quantitative estimate of drug-likeness (QED) is 0.302. The van der Waals surface area contributed by atoms with Crippen molar-refractivity contribution in [1.29, 1.82) is 0 Å². The number of hydrogen-bond acceptors (Lipinski definition) is 4. The maximum atomic E-state index is 12.7. The molecule has 1 amide bonds. The normalized spacial score (nSPS) is 16.6. The summed E-state index contributed by atoms with van der Waals surface area (Å²) in [5.41, 5.74) is 1.46. The molecule has 0 aromatic heterocycles. The van der Waals surface area contributed by atoms with Gasteiger partial charge < -0.3 is 25.0 Å². The lowest BCUT2D eigenvalue weighted by Crippen LogP contribution is -2.45. The Labute approximate surface area is 193 Å². The van der Waals surface area contributed by atoms with Crippen molar-refractivity contribution in [3.05, 3.63) is 29.3 Å². The Bertz CT molecular complexity index is 699. The summed E-state index contributed by atoms with van der Waals surface area (Å²) in [5, 5.41) is 6.17. The van der Waals surface area contributed by atoms with Gasteiger partial charge >= 0.3 is 6.61 Å². The van der Waals surface area contributed by atoms with E-state index in [-0.39, 0.29) is 54.8 Å². The Morgan fingerprint density at radius 3 is 2.73 bits per heavy atom. The molecule has 0 aliphatic carbocycles. The zero-order valence-electron chi connectivity index (χ0n) is 17.6. The molecule has 1 unspecified atom stereocenters. The van der Waals surface area contributed by atoms with Crippen LogP contribution in [-0.4, -0.2) is 63.3 Å². The van der Waals surface area contributed by atoms with Crippen molar-refractivity contribution in [3.63, 3.8) is 0 Å². The summed E-state index contributed by atoms with van der Waals surface area (Å²) in [6.45, 7) is 0.447. The minimum absolute atomic E-state index is 0. The van der Waals surface area contributed by atoms with E-state index < -0.39 is 6.61 Å². The summed E-state index contributed by atoms with van der Waals surface area (Å²) >= 11 is 0. The molecule has 30 heavy (non-hydrogen) atoms. The van der Waals surface area contributed by atoms with Crippen LogP contribution in [0.5, 0.6) is 5.75 Å². The molecule has 0 saturated carbocycles. The fraction of sp³-hybridized carbons (Fsp3) is 0.600. The minimum atomic E-state index is -2.91. The van der Waals surface area contributed by atoms with Crippen molar-refractivity contribution in [2.75, 3.05) is 33.8 Å². The molecule has 2 N–H and O–H groups in total. The Balaban J connectivity index is 0.00000450. The van der Waals surface area contributed by atoms with Crippen molar-refractivity contribution < 1.29 is 23.0 Å². The number of nitrogens with zero attached hydrogens (tertiary/aromatic N) is 2. The molecule has 1 fully saturated rings. The lowest BCUT2D eigenvalue weighted by Gasteiger charge is -2.24. The summed E-state index contributed by atoms with van der Waals surface area (Å²) in [4.78, 5) is 17.8. The van der Waals surface area contributed by atoms with Crippen LogP contribution in [0.2, 0.25) is 0 Å². The number of halogens is 3. The predicted molar refractivity (Wildman–Crippen MR) is 123 cm³/mol. The van der Waals surface area contributed by atoms with Gasteiger partial charge in [-0.15, -0.1) is 24.0 Å². The predicted octanol–water partition coefficient (Wildman–Crippen LogP) is 2.91. The van der Waals surface area contributed by atoms with E-state index >= 15 is 0 Å². The molecule has 0 radical (unpaired) electrons. The summed E-state index contributed by atoms with van der Waals surface area (Å²) in [7, 11) is 3.34. The number of nitrogens with one attached hydrogen (secondary N) is 2. The van der Waals surface area contributed by atoms with E-state index in [9.17, 15) is 13.6 Å². The largest absolute Gasteiger partial charge is 0.434 e. The number of likely N-dealkylation sites (N-methyl/N-ethyl adjacent to an activating group) is 1. The van der Waals surface area contributed by atoms with Crippen molar-refractivity contribution in [3.8, 4) is 5.75 Å². The maximum Gasteiger partial charge on any atom is 0.387 e. The minimum Gasteiger partial charge on any atom is -0.434 e. The van der Waals surface area contributed by atoms with Crippen molar-refractivity contribution in [1.82, 2.24) is 15.5 Å². The van der Waals surface area contributed by atoms with Gasteiger partial charge in [0.25, 0.3) is 0 Å². The second-order valence-corrected chi connectivity index (χ2v) is 7.17. The molecule has 0 spiro atoms. The molecule has 1 aromatic rings. The third kappa shape index (κ3) is 9.41. The third-order valence-electron chi connectivity index (χ3n) is 4.52. The van der Waals surface area contributed by atoms with E-state index in [0.29, 0.717) is 18.1 Å². The van der Waals surface area contributed by atoms with E-state index in [1.165, 1.54) is 11.0 Å². The highest BCUT2D eigenvalue weighted by Crippen LogP contribution is 2.23. The first-order valence-corrected chi connectivity index (χ1v) is 9.73. The number of rotatable bonds is 8. The SMILES string of the molecule is Cc1ccc(OC(F)F)c(CN=C(NCC(=O)N(C)C)NCC2CCCCO2)c1.I. The molecule has 1 aliphatic heterocycles. The van der Waals surface area contributed by atoms with E-state index in [1.54, 1.807) is 26.2 Å². The molecule has 7 nitrogen and oxygen atoms in total. The van der Waals surface area contributed by atoms with Gasteiger partial charge in [0.2, 0.25) is 5.91 Å². The number of aryl methyl sites for hydroxylation is 1. The molecule has 0 bridgehead atoms. The Kier molecular flexibility index (Phi) is 11.9. The number of ether oxygens (including phenoxy) is 2. The number of carbonyl (C=O) groups is 1. The molecule has 1 heterocycles. The van der Waals surface area contributed by atoms with Gasteiger partial charge in [-0.25, -0.2) is 4.99 Å². The molecule has 1 aromatic carbocycles. The number of hydrogen-bond donors (Lipinski definition) is 2. The first kappa shape index (κ1) is 26.3. The third-order valence-corrected chi connectivity index (χ3v) is 4.52. The number of guanidine groups is 1. The average Bonchev–Trinajstić information content (AvgIpc) is 2.69. The van der Waals surface area contributed by atoms with Crippen LogP contribution < -0.4 is 15.4 Å². The molecule has 1 saturated heterocycles. The standard InChI is InChI=1S/C20H30F2N4O3.HI/c1-14-7-8-17(29-19(21)22)15(10-14)11-23-20(25-13-18(27)26(2)3)24-12-16-6-4-5-9-28-16;/h7-8,10,16,19H,4-6,9,11-13H2,1-3H3,(H2,23,24,25);1H. The van der Waals surface area contributed by atoms with Crippen LogP contribution in [0.15, 0.2) is 23.2 Å². The first-order chi connectivity index (χ1) is 13.8. The highest BCUT2D eigenvalue weighted by Gasteiger charge is 2.15. The van der Waals surface area contributed by atoms with Gasteiger partial charge in [-0.05, 0) is 32.3 Å². The van der Waals surface area contributed by atoms with E-state index in [2.05, 4.69) is 20.4 Å². The molecular formula is C20H31F2IN4O3. The fourth-order valence-electron chi connectivity index (χ4n) is 2.88. The van der Waals surface area contributed by atoms with Gasteiger partial charge in [-0.2, -0.15) is 8.78 Å². The zero-order chi connectivity index (χ0) is 21.2. The van der Waals surface area contributed by atoms with Crippen molar-refractivity contribution in [2.24, 2.45) is 4.99 Å². The average molecular weight is 540 g/mol. The topological polar surface area (TPSA) is 75.2 Å². The van der Waals surface area contributed by atoms with Crippen LogP contribution in [-0.2, 0) is 16.1 Å². The Morgan fingerprint density at radius 1 is 1.33 bits per heavy atom. The lowest BCUT2D eigenvalue weighted by atomic mass is 10.1. The second-order valence-electron chi connectivity index (χ2n) is 7.17. The van der Waals surface area contributed by atoms with Gasteiger partial charge in [-0.3, -0.25) is 4.79 Å². The van der Waals surface area contributed by atoms with Crippen LogP contribution in [0.1, 0.15) is 30.4 Å². The van der Waals surface area contributed by atoms with Gasteiger partial charge in [0, 0.05) is 32.8 Å².